The van der Waals surface area contributed by atoms with Crippen molar-refractivity contribution in [2.24, 2.45) is 0 Å². The van der Waals surface area contributed by atoms with Crippen LogP contribution >= 0.6 is 11.8 Å². The predicted octanol–water partition coefficient (Wildman–Crippen LogP) is 9.62. The van der Waals surface area contributed by atoms with E-state index >= 15 is 0 Å². The highest BCUT2D eigenvalue weighted by molar-refractivity contribution is 7.99. The fraction of sp³-hybridized carbons (Fsp3) is 0.238. The van der Waals surface area contributed by atoms with Gasteiger partial charge in [0, 0.05) is 15.2 Å². The maximum atomic E-state index is 6.63. The number of hydrogen-bond donors (Lipinski definition) is 0. The Morgan fingerprint density at radius 1 is 0.500 bits per heavy atom. The minimum absolute atomic E-state index is 0.0730. The average molecular weight is 617 g/mol. The SMILES string of the molecule is CC1(C)c2ccccc2-c2cc3c(cc21)Sc1ccccc1C31c2ccccc2C=Cc2ccc(B3OC(C)(C)C(C)(C)O3)cc21. The maximum absolute atomic E-state index is 6.63. The molecule has 226 valence electrons. The number of hydrogen-bond acceptors (Lipinski definition) is 3. The van der Waals surface area contributed by atoms with E-state index in [2.05, 4.69) is 157 Å². The van der Waals surface area contributed by atoms with Crippen molar-refractivity contribution in [1.82, 2.24) is 0 Å². The first-order chi connectivity index (χ1) is 22.0. The molecule has 2 aliphatic heterocycles. The van der Waals surface area contributed by atoms with Crippen molar-refractivity contribution in [2.45, 2.75) is 73.4 Å². The van der Waals surface area contributed by atoms with E-state index in [0.29, 0.717) is 0 Å². The summed E-state index contributed by atoms with van der Waals surface area (Å²) < 4.78 is 13.3. The molecule has 2 nitrogen and oxygen atoms in total. The summed E-state index contributed by atoms with van der Waals surface area (Å²) in [5, 5.41) is 0. The molecule has 2 heterocycles. The molecule has 0 saturated carbocycles. The lowest BCUT2D eigenvalue weighted by Crippen LogP contribution is -2.41. The Bertz CT molecular complexity index is 2120. The summed E-state index contributed by atoms with van der Waals surface area (Å²) in [7, 11) is -0.449. The zero-order chi connectivity index (χ0) is 31.6. The van der Waals surface area contributed by atoms with Crippen LogP contribution in [0.2, 0.25) is 0 Å². The lowest BCUT2D eigenvalue weighted by molar-refractivity contribution is 0.00578. The van der Waals surface area contributed by atoms with E-state index < -0.39 is 23.7 Å². The van der Waals surface area contributed by atoms with Crippen molar-refractivity contribution in [3.63, 3.8) is 0 Å². The normalized spacial score (nSPS) is 21.9. The molecule has 5 aromatic carbocycles. The Labute approximate surface area is 277 Å². The molecule has 1 spiro atoms. The predicted molar refractivity (Wildman–Crippen MR) is 191 cm³/mol. The summed E-state index contributed by atoms with van der Waals surface area (Å²) in [5.41, 5.74) is 12.8. The van der Waals surface area contributed by atoms with Gasteiger partial charge in [-0.3, -0.25) is 0 Å². The molecule has 46 heavy (non-hydrogen) atoms. The van der Waals surface area contributed by atoms with Crippen molar-refractivity contribution in [1.29, 1.82) is 0 Å². The summed E-state index contributed by atoms with van der Waals surface area (Å²) in [6.45, 7) is 13.3. The van der Waals surface area contributed by atoms with Gasteiger partial charge in [0.25, 0.3) is 0 Å². The van der Waals surface area contributed by atoms with Gasteiger partial charge in [0.2, 0.25) is 0 Å². The van der Waals surface area contributed by atoms with Crippen LogP contribution in [0.25, 0.3) is 23.3 Å². The molecule has 4 heteroatoms. The second kappa shape index (κ2) is 9.38. The number of benzene rings is 5. The molecule has 1 unspecified atom stereocenters. The molecule has 0 radical (unpaired) electrons. The van der Waals surface area contributed by atoms with Crippen LogP contribution in [0.1, 0.15) is 86.1 Å². The monoisotopic (exact) mass is 616 g/mol. The van der Waals surface area contributed by atoms with Crippen molar-refractivity contribution in [3.8, 4) is 11.1 Å². The molecule has 2 aliphatic carbocycles. The quantitative estimate of drug-likeness (QED) is 0.171. The first-order valence-electron chi connectivity index (χ1n) is 16.4. The Morgan fingerprint density at radius 3 is 1.89 bits per heavy atom. The van der Waals surface area contributed by atoms with E-state index in [-0.39, 0.29) is 5.41 Å². The average Bonchev–Trinajstić information content (AvgIpc) is 3.33. The summed E-state index contributed by atoms with van der Waals surface area (Å²) >= 11 is 1.91. The Morgan fingerprint density at radius 2 is 1.13 bits per heavy atom. The molecule has 4 aliphatic rings. The van der Waals surface area contributed by atoms with Gasteiger partial charge in [-0.25, -0.2) is 0 Å². The molecule has 1 saturated heterocycles. The van der Waals surface area contributed by atoms with Crippen molar-refractivity contribution in [2.75, 3.05) is 0 Å². The number of fused-ring (bicyclic) bond motifs is 11. The van der Waals surface area contributed by atoms with Gasteiger partial charge in [-0.2, -0.15) is 0 Å². The summed E-state index contributed by atoms with van der Waals surface area (Å²) in [4.78, 5) is 2.62. The van der Waals surface area contributed by atoms with E-state index in [1.165, 1.54) is 65.4 Å². The summed E-state index contributed by atoms with van der Waals surface area (Å²) in [6.07, 6.45) is 4.60. The first kappa shape index (κ1) is 28.4. The second-order valence-corrected chi connectivity index (χ2v) is 15.9. The van der Waals surface area contributed by atoms with Gasteiger partial charge in [-0.05, 0) is 107 Å². The third-order valence-electron chi connectivity index (χ3n) is 11.4. The topological polar surface area (TPSA) is 18.5 Å². The highest BCUT2D eigenvalue weighted by Gasteiger charge is 2.53. The van der Waals surface area contributed by atoms with Crippen LogP contribution in [0.15, 0.2) is 113 Å². The maximum Gasteiger partial charge on any atom is 0.494 e. The smallest absolute Gasteiger partial charge is 0.399 e. The van der Waals surface area contributed by atoms with E-state index in [1.807, 2.05) is 11.8 Å². The van der Waals surface area contributed by atoms with Crippen molar-refractivity contribution < 1.29 is 9.31 Å². The molecule has 0 aromatic heterocycles. The second-order valence-electron chi connectivity index (χ2n) is 14.8. The minimum atomic E-state index is -0.553. The lowest BCUT2D eigenvalue weighted by Gasteiger charge is -2.43. The van der Waals surface area contributed by atoms with E-state index in [9.17, 15) is 0 Å². The molecule has 0 N–H and O–H groups in total. The minimum Gasteiger partial charge on any atom is -0.399 e. The van der Waals surface area contributed by atoms with Gasteiger partial charge < -0.3 is 9.31 Å². The van der Waals surface area contributed by atoms with Crippen LogP contribution in [-0.4, -0.2) is 18.3 Å². The fourth-order valence-corrected chi connectivity index (χ4v) is 9.51. The van der Waals surface area contributed by atoms with E-state index in [0.717, 1.165) is 5.46 Å². The molecule has 0 bridgehead atoms. The zero-order valence-corrected chi connectivity index (χ0v) is 28.1. The third kappa shape index (κ3) is 3.64. The van der Waals surface area contributed by atoms with Gasteiger partial charge in [-0.15, -0.1) is 0 Å². The molecule has 1 atom stereocenters. The molecule has 9 rings (SSSR count). The van der Waals surface area contributed by atoms with Crippen LogP contribution in [0.4, 0.5) is 0 Å². The highest BCUT2D eigenvalue weighted by Crippen LogP contribution is 2.61. The highest BCUT2D eigenvalue weighted by atomic mass is 32.2. The molecule has 5 aromatic rings. The third-order valence-corrected chi connectivity index (χ3v) is 12.5. The van der Waals surface area contributed by atoms with Gasteiger partial charge in [-0.1, -0.05) is 123 Å². The molecule has 1 fully saturated rings. The fourth-order valence-electron chi connectivity index (χ4n) is 8.29. The van der Waals surface area contributed by atoms with Gasteiger partial charge in [0.15, 0.2) is 0 Å². The molecular weight excluding hydrogens is 579 g/mol. The lowest BCUT2D eigenvalue weighted by atomic mass is 9.61. The molecule has 0 amide bonds. The zero-order valence-electron chi connectivity index (χ0n) is 27.3. The van der Waals surface area contributed by atoms with Crippen LogP contribution in [-0.2, 0) is 20.1 Å². The standard InChI is InChI=1S/C42H37BO2S/c1-39(2)32-16-10-8-14-29(32)30-24-36-38(25-35(30)39)46-37-18-12-11-17-33(37)42(36)31-15-9-7-13-26(31)19-20-27-21-22-28(23-34(27)42)43-44-40(3,4)41(5,6)45-43/h7-25H,1-6H3. The van der Waals surface area contributed by atoms with Crippen molar-refractivity contribution in [3.05, 3.63) is 148 Å². The van der Waals surface area contributed by atoms with Crippen molar-refractivity contribution >= 4 is 36.5 Å². The number of rotatable bonds is 1. The summed E-state index contributed by atoms with van der Waals surface area (Å²) in [5.74, 6) is 0. The Balaban J connectivity index is 1.39. The molecular formula is C42H37BO2S. The van der Waals surface area contributed by atoms with Crippen LogP contribution in [0.5, 0.6) is 0 Å². The first-order valence-corrected chi connectivity index (χ1v) is 17.2. The van der Waals surface area contributed by atoms with E-state index in [1.54, 1.807) is 0 Å². The largest absolute Gasteiger partial charge is 0.494 e. The summed E-state index contributed by atoms with van der Waals surface area (Å²) in [6, 6.07) is 38.9. The van der Waals surface area contributed by atoms with Gasteiger partial charge >= 0.3 is 7.12 Å². The van der Waals surface area contributed by atoms with Gasteiger partial charge in [0.1, 0.15) is 0 Å². The Hall–Kier alpha value is -3.83. The van der Waals surface area contributed by atoms with Crippen LogP contribution < -0.4 is 5.46 Å². The van der Waals surface area contributed by atoms with Gasteiger partial charge in [0.05, 0.1) is 16.6 Å². The van der Waals surface area contributed by atoms with Crippen LogP contribution in [0, 0.1) is 0 Å². The Kier molecular flexibility index (Phi) is 5.79. The van der Waals surface area contributed by atoms with Crippen LogP contribution in [0.3, 0.4) is 0 Å². The van der Waals surface area contributed by atoms with E-state index in [4.69, 9.17) is 9.31 Å².